The average Bonchev–Trinajstić information content (AvgIpc) is 4.29. The normalized spacial score (nSPS) is 11.6. The van der Waals surface area contributed by atoms with Crippen LogP contribution in [0, 0.1) is 5.82 Å². The average molecular weight is 1190 g/mol. The van der Waals surface area contributed by atoms with Gasteiger partial charge < -0.3 is 36.6 Å². The van der Waals surface area contributed by atoms with E-state index in [1.54, 1.807) is 18.2 Å². The standard InChI is InChI=1S/C10H9BrN6O3.C10H9ClN6O3.C10H9FN6O3.C10H10N6O3/c3*1-16-10(18)17(15-14-16)9-6(7(11)5-20-9)4-19-8-2-3-12-13-8;1-15-10(17)16(14-13-15)9-7(3-5-18-9)6-19-8-2-4-11-12-8/h3*2-3,5H,4H2,1H3,(H,12,13);2-5H,6H2,1H3,(H,11,12)/i/hT4. The summed E-state index contributed by atoms with van der Waals surface area (Å²) in [5, 5.41) is 47.7. The fraction of sp³-hybridized carbons (Fsp3) is 0.200. The van der Waals surface area contributed by atoms with Gasteiger partial charge in [0, 0.05) is 77.2 Å². The van der Waals surface area contributed by atoms with Crippen molar-refractivity contribution in [2.75, 3.05) is 0 Å². The first kappa shape index (κ1) is 48.0. The van der Waals surface area contributed by atoms with Gasteiger partial charge in [-0.15, -0.1) is 39.1 Å². The second-order valence-electron chi connectivity index (χ2n) is 15.2. The minimum atomic E-state index is -0.687. The number of aromatic nitrogens is 24. The van der Waals surface area contributed by atoms with Gasteiger partial charge in [-0.3, -0.25) is 20.4 Å². The molecule has 12 aromatic heterocycles. The molecule has 0 unspecified atom stereocenters. The lowest BCUT2D eigenvalue weighted by molar-refractivity contribution is 0.286. The third-order valence-corrected chi connectivity index (χ3v) is 11.1. The molecular formula is C40H37BrClFN24O12. The predicted molar refractivity (Wildman–Crippen MR) is 260 cm³/mol. The molecule has 12 rings (SSSR count). The number of aromatic amines is 4. The van der Waals surface area contributed by atoms with Crippen LogP contribution < -0.4 is 41.7 Å². The highest BCUT2D eigenvalue weighted by Gasteiger charge is 2.23. The van der Waals surface area contributed by atoms with Crippen molar-refractivity contribution in [2.24, 2.45) is 28.2 Å². The van der Waals surface area contributed by atoms with Gasteiger partial charge in [0.25, 0.3) is 0 Å². The zero-order chi connectivity index (χ0) is 59.1. The summed E-state index contributed by atoms with van der Waals surface area (Å²) in [6.07, 6.45) is 10.6. The maximum Gasteiger partial charge on any atom is 0.370 e. The van der Waals surface area contributed by atoms with E-state index in [1.807, 2.05) is 0 Å². The van der Waals surface area contributed by atoms with Crippen LogP contribution in [-0.4, -0.2) is 120 Å². The van der Waals surface area contributed by atoms with Crippen LogP contribution in [0.2, 0.25) is 10.7 Å². The Morgan fingerprint density at radius 1 is 0.506 bits per heavy atom. The van der Waals surface area contributed by atoms with E-state index in [9.17, 15) is 23.6 Å². The van der Waals surface area contributed by atoms with E-state index >= 15 is 0 Å². The van der Waals surface area contributed by atoms with Gasteiger partial charge in [-0.05, 0) is 63.7 Å². The monoisotopic (exact) mass is 1190 g/mol. The summed E-state index contributed by atoms with van der Waals surface area (Å²) in [7, 11) is 5.85. The number of H-pyrrole nitrogens is 4. The van der Waals surface area contributed by atoms with Crippen molar-refractivity contribution in [1.29, 1.82) is 0 Å². The van der Waals surface area contributed by atoms with Crippen molar-refractivity contribution < 1.29 is 46.7 Å². The van der Waals surface area contributed by atoms with Gasteiger partial charge in [-0.25, -0.2) is 23.6 Å². The molecule has 0 aliphatic carbocycles. The number of furan rings is 4. The smallest absolute Gasteiger partial charge is 0.370 e. The Labute approximate surface area is 454 Å². The van der Waals surface area contributed by atoms with Crippen LogP contribution in [0.3, 0.4) is 0 Å². The molecule has 0 aliphatic rings. The highest BCUT2D eigenvalue weighted by atomic mass is 79.9. The summed E-state index contributed by atoms with van der Waals surface area (Å²) in [6, 6.07) is 7.73. The van der Waals surface area contributed by atoms with Crippen LogP contribution in [0.15, 0.2) is 121 Å². The number of nitrogens with one attached hydrogen (secondary N) is 4. The molecule has 0 bridgehead atoms. The molecule has 0 amide bonds. The maximum absolute atomic E-state index is 13.7. The molecule has 0 spiro atoms. The highest BCUT2D eigenvalue weighted by Crippen LogP contribution is 2.27. The molecule has 36 nitrogen and oxygen atoms in total. The van der Waals surface area contributed by atoms with Crippen molar-refractivity contribution in [1.82, 2.24) is 120 Å². The van der Waals surface area contributed by atoms with Crippen LogP contribution in [0.25, 0.3) is 23.5 Å². The van der Waals surface area contributed by atoms with Crippen LogP contribution in [0.4, 0.5) is 4.39 Å². The Morgan fingerprint density at radius 3 is 1.29 bits per heavy atom. The quantitative estimate of drug-likeness (QED) is 0.105. The molecule has 0 saturated heterocycles. The number of hydrogen-bond donors (Lipinski definition) is 4. The SMILES string of the molecule is [3H]n1ccc(OCc2c(Br)coc2-n2nnn(C)c2=O)n1.[3H]n1ccc(OCc2c(Cl)coc2-n2nnn(C)c2=O)n1.[3H]n1ccc(OCc2c(F)coc2-n2nnn(C)c2=O)n1.[3H]n1ccc(OCc2ccoc2-n2nnn(C)c2=O)n1. The van der Waals surface area contributed by atoms with Gasteiger partial charge in [0.1, 0.15) is 45.2 Å². The number of tetrazole rings is 4. The Bertz CT molecular complexity index is 4060. The van der Waals surface area contributed by atoms with Crippen LogP contribution in [-0.2, 0) is 54.6 Å². The van der Waals surface area contributed by atoms with Crippen molar-refractivity contribution >= 4 is 27.5 Å². The van der Waals surface area contributed by atoms with Crippen molar-refractivity contribution in [2.45, 2.75) is 26.4 Å². The predicted octanol–water partition coefficient (Wildman–Crippen LogP) is 0.999. The molecule has 39 heteroatoms. The molecule has 0 atom stereocenters. The second-order valence-corrected chi connectivity index (χ2v) is 16.4. The van der Waals surface area contributed by atoms with Crippen LogP contribution in [0.5, 0.6) is 23.5 Å². The molecule has 0 saturated carbocycles. The van der Waals surface area contributed by atoms with E-state index in [-0.39, 0.29) is 78.2 Å². The summed E-state index contributed by atoms with van der Waals surface area (Å²) in [4.78, 5) is 47.2. The number of aryl methyl sites for hydroxylation is 4. The van der Waals surface area contributed by atoms with Gasteiger partial charge in [0.15, 0.2) is 11.5 Å². The number of halogens is 3. The Balaban J connectivity index is 0.000000133. The van der Waals surface area contributed by atoms with Crippen LogP contribution >= 0.6 is 27.5 Å². The minimum absolute atomic E-state index is 0.00266. The van der Waals surface area contributed by atoms with Crippen LogP contribution in [0.1, 0.15) is 22.3 Å². The zero-order valence-electron chi connectivity index (χ0n) is 44.6. The van der Waals surface area contributed by atoms with E-state index in [1.165, 1.54) is 83.9 Å². The zero-order valence-corrected chi connectivity index (χ0v) is 42.9. The number of ether oxygens (including phenoxy) is 4. The van der Waals surface area contributed by atoms with E-state index in [4.69, 9.17) is 53.9 Å². The van der Waals surface area contributed by atoms with Gasteiger partial charge in [-0.2, -0.15) is 18.7 Å². The maximum atomic E-state index is 13.7. The molecule has 0 aromatic carbocycles. The molecule has 12 aromatic rings. The van der Waals surface area contributed by atoms with Crippen molar-refractivity contribution in [3.8, 4) is 47.1 Å². The van der Waals surface area contributed by atoms with Gasteiger partial charge in [-0.1, -0.05) is 11.6 Å². The Morgan fingerprint density at radius 2 is 0.873 bits per heavy atom. The number of rotatable bonds is 16. The van der Waals surface area contributed by atoms with E-state index in [0.29, 0.717) is 27.0 Å². The van der Waals surface area contributed by atoms with E-state index in [2.05, 4.69) is 78.0 Å². The van der Waals surface area contributed by atoms with E-state index < -0.39 is 28.6 Å². The topological polar surface area (TPSA) is 415 Å². The molecule has 410 valence electrons. The Kier molecular flexibility index (Phi) is 14.5. The summed E-state index contributed by atoms with van der Waals surface area (Å²) in [5.41, 5.74) is -0.288. The molecule has 4 N–H and O–H groups in total. The van der Waals surface area contributed by atoms with Gasteiger partial charge in [0.2, 0.25) is 47.1 Å². The molecular weight excluding hydrogens is 1140 g/mol. The van der Waals surface area contributed by atoms with Gasteiger partial charge in [0.05, 0.1) is 38.0 Å². The lowest BCUT2D eigenvalue weighted by Crippen LogP contribution is -2.22. The number of hydrogen-bond acceptors (Lipinski definition) is 24. The van der Waals surface area contributed by atoms with Crippen molar-refractivity contribution in [3.63, 3.8) is 0 Å². The molecule has 0 aliphatic heterocycles. The fourth-order valence-corrected chi connectivity index (χ4v) is 6.71. The summed E-state index contributed by atoms with van der Waals surface area (Å²) >= 11 is 9.34. The summed E-state index contributed by atoms with van der Waals surface area (Å²) in [6.45, 7) is -0.0132. The third kappa shape index (κ3) is 12.1. The lowest BCUT2D eigenvalue weighted by Gasteiger charge is -2.03. The first-order chi connectivity index (χ1) is 39.8. The van der Waals surface area contributed by atoms with E-state index in [0.717, 1.165) is 64.1 Å². The minimum Gasteiger partial charge on any atom is -0.472 e. The van der Waals surface area contributed by atoms with Gasteiger partial charge >= 0.3 is 22.8 Å². The van der Waals surface area contributed by atoms with Crippen molar-refractivity contribution in [3.05, 3.63) is 160 Å². The largest absolute Gasteiger partial charge is 0.472 e. The lowest BCUT2D eigenvalue weighted by atomic mass is 10.3. The summed E-state index contributed by atoms with van der Waals surface area (Å²) in [5.74, 6) is 0.766. The first-order valence-corrected chi connectivity index (χ1v) is 23.0. The second kappa shape index (κ2) is 23.9. The Hall–Kier alpha value is -10.7. The fourth-order valence-electron chi connectivity index (χ4n) is 6.15. The third-order valence-electron chi connectivity index (χ3n) is 10.1. The first-order valence-electron chi connectivity index (χ1n) is 23.6. The molecule has 12 heterocycles. The molecule has 0 fully saturated rings. The summed E-state index contributed by atoms with van der Waals surface area (Å²) < 4.78 is 93.6. The number of nitrogens with zero attached hydrogens (tertiary/aromatic N) is 20. The molecule has 79 heavy (non-hydrogen) atoms. The highest BCUT2D eigenvalue weighted by molar-refractivity contribution is 9.10. The molecule has 0 radical (unpaired) electrons.